The van der Waals surface area contributed by atoms with Gasteiger partial charge in [-0.15, -0.1) is 13.2 Å². The van der Waals surface area contributed by atoms with Crippen molar-refractivity contribution in [1.82, 2.24) is 4.72 Å². The van der Waals surface area contributed by atoms with E-state index in [4.69, 9.17) is 0 Å². The molecular weight excluding hydrogens is 415 g/mol. The van der Waals surface area contributed by atoms with Crippen LogP contribution in [-0.2, 0) is 10.0 Å². The highest BCUT2D eigenvalue weighted by Crippen LogP contribution is 2.30. The van der Waals surface area contributed by atoms with Crippen LogP contribution in [0.1, 0.15) is 23.5 Å². The molecule has 0 unspecified atom stereocenters. The van der Waals surface area contributed by atoms with E-state index in [-0.39, 0.29) is 12.5 Å². The highest BCUT2D eigenvalue weighted by molar-refractivity contribution is 7.89. The molecule has 0 heterocycles. The van der Waals surface area contributed by atoms with Gasteiger partial charge >= 0.3 is 6.36 Å². The predicted molar refractivity (Wildman–Crippen MR) is 108 cm³/mol. The summed E-state index contributed by atoms with van der Waals surface area (Å²) in [5.74, 6) is -0.836. The molecular formula is C22H20F3NO3S. The molecule has 0 bridgehead atoms. The van der Waals surface area contributed by atoms with Gasteiger partial charge in [-0.25, -0.2) is 13.1 Å². The summed E-state index contributed by atoms with van der Waals surface area (Å²) in [7, 11) is -4.20. The zero-order valence-corrected chi connectivity index (χ0v) is 16.7. The highest BCUT2D eigenvalue weighted by atomic mass is 32.2. The number of hydrogen-bond donors (Lipinski definition) is 1. The van der Waals surface area contributed by atoms with Crippen molar-refractivity contribution in [3.63, 3.8) is 0 Å². The van der Waals surface area contributed by atoms with Gasteiger partial charge in [0.15, 0.2) is 0 Å². The van der Waals surface area contributed by atoms with E-state index in [1.54, 1.807) is 0 Å². The molecule has 0 spiro atoms. The zero-order valence-electron chi connectivity index (χ0n) is 15.8. The van der Waals surface area contributed by atoms with Crippen molar-refractivity contribution in [3.05, 3.63) is 96.1 Å². The molecule has 3 aromatic rings. The summed E-state index contributed by atoms with van der Waals surface area (Å²) in [4.78, 5) is -0.557. The Bertz CT molecular complexity index is 1020. The van der Waals surface area contributed by atoms with Crippen LogP contribution < -0.4 is 9.46 Å². The topological polar surface area (TPSA) is 55.4 Å². The molecule has 0 aliphatic rings. The lowest BCUT2D eigenvalue weighted by atomic mass is 9.89. The first-order valence-corrected chi connectivity index (χ1v) is 10.7. The molecule has 0 aliphatic heterocycles. The second kappa shape index (κ2) is 9.32. The first kappa shape index (κ1) is 21.9. The van der Waals surface area contributed by atoms with Gasteiger partial charge in [0.1, 0.15) is 10.6 Å². The van der Waals surface area contributed by atoms with Crippen LogP contribution in [0.15, 0.2) is 89.8 Å². The summed E-state index contributed by atoms with van der Waals surface area (Å²) in [6.45, 7) is 0.0388. The fourth-order valence-corrected chi connectivity index (χ4v) is 4.37. The van der Waals surface area contributed by atoms with Crippen LogP contribution in [0.3, 0.4) is 0 Å². The minimum absolute atomic E-state index is 0.0388. The average Bonchev–Trinajstić information content (AvgIpc) is 2.71. The number of hydrogen-bond acceptors (Lipinski definition) is 3. The zero-order chi connectivity index (χ0) is 21.6. The third-order valence-electron chi connectivity index (χ3n) is 4.49. The van der Waals surface area contributed by atoms with Gasteiger partial charge in [-0.05, 0) is 29.7 Å². The second-order valence-electron chi connectivity index (χ2n) is 6.55. The molecule has 4 nitrogen and oxygen atoms in total. The first-order chi connectivity index (χ1) is 14.3. The summed E-state index contributed by atoms with van der Waals surface area (Å²) in [6.07, 6.45) is -4.56. The van der Waals surface area contributed by atoms with Gasteiger partial charge in [0.05, 0.1) is 0 Å². The molecule has 0 amide bonds. The molecule has 0 fully saturated rings. The lowest BCUT2D eigenvalue weighted by Crippen LogP contribution is -2.27. The Hall–Kier alpha value is -2.84. The Balaban J connectivity index is 1.77. The number of rotatable bonds is 8. The van der Waals surface area contributed by atoms with E-state index in [1.165, 1.54) is 12.1 Å². The van der Waals surface area contributed by atoms with Crippen molar-refractivity contribution < 1.29 is 26.3 Å². The minimum atomic E-state index is -4.99. The van der Waals surface area contributed by atoms with Crippen molar-refractivity contribution in [1.29, 1.82) is 0 Å². The van der Waals surface area contributed by atoms with Crippen molar-refractivity contribution in [2.75, 3.05) is 6.54 Å². The third kappa shape index (κ3) is 5.84. The number of para-hydroxylation sites is 1. The van der Waals surface area contributed by atoms with E-state index in [1.807, 2.05) is 60.7 Å². The number of sulfonamides is 1. The molecule has 158 valence electrons. The van der Waals surface area contributed by atoms with Crippen molar-refractivity contribution in [2.24, 2.45) is 0 Å². The van der Waals surface area contributed by atoms with Gasteiger partial charge in [0.25, 0.3) is 0 Å². The number of nitrogens with one attached hydrogen (secondary N) is 1. The van der Waals surface area contributed by atoms with E-state index >= 15 is 0 Å². The Morgan fingerprint density at radius 2 is 1.30 bits per heavy atom. The molecule has 30 heavy (non-hydrogen) atoms. The van der Waals surface area contributed by atoms with Crippen LogP contribution in [0, 0.1) is 0 Å². The van der Waals surface area contributed by atoms with Crippen LogP contribution >= 0.6 is 0 Å². The quantitative estimate of drug-likeness (QED) is 0.537. The molecule has 3 aromatic carbocycles. The number of ether oxygens (including phenoxy) is 1. The lowest BCUT2D eigenvalue weighted by Gasteiger charge is -2.19. The molecule has 0 aliphatic carbocycles. The van der Waals surface area contributed by atoms with Gasteiger partial charge in [-0.2, -0.15) is 0 Å². The summed E-state index contributed by atoms with van der Waals surface area (Å²) >= 11 is 0. The second-order valence-corrected chi connectivity index (χ2v) is 8.29. The molecule has 1 N–H and O–H groups in total. The average molecular weight is 435 g/mol. The molecule has 8 heteroatoms. The van der Waals surface area contributed by atoms with Crippen LogP contribution in [0.25, 0.3) is 0 Å². The van der Waals surface area contributed by atoms with Crippen LogP contribution in [0.4, 0.5) is 13.2 Å². The van der Waals surface area contributed by atoms with Crippen LogP contribution in [-0.4, -0.2) is 21.3 Å². The van der Waals surface area contributed by atoms with Gasteiger partial charge in [-0.3, -0.25) is 0 Å². The van der Waals surface area contributed by atoms with E-state index in [0.717, 1.165) is 23.3 Å². The standard InChI is InChI=1S/C22H20F3NO3S/c23-22(24,25)29-20-13-7-8-14-21(20)30(27,28)26-16-15-19(17-9-3-1-4-10-17)18-11-5-2-6-12-18/h1-14,19,26H,15-16H2. The Kier molecular flexibility index (Phi) is 6.79. The van der Waals surface area contributed by atoms with E-state index < -0.39 is 27.0 Å². The maximum absolute atomic E-state index is 12.6. The molecule has 0 aromatic heterocycles. The number of halogens is 3. The normalized spacial score (nSPS) is 12.1. The van der Waals surface area contributed by atoms with E-state index in [0.29, 0.717) is 6.42 Å². The van der Waals surface area contributed by atoms with Gasteiger partial charge in [-0.1, -0.05) is 72.8 Å². The smallest absolute Gasteiger partial charge is 0.404 e. The summed E-state index contributed by atoms with van der Waals surface area (Å²) in [5.41, 5.74) is 2.03. The van der Waals surface area contributed by atoms with Crippen LogP contribution in [0.2, 0.25) is 0 Å². The highest BCUT2D eigenvalue weighted by Gasteiger charge is 2.34. The lowest BCUT2D eigenvalue weighted by molar-refractivity contribution is -0.275. The fourth-order valence-electron chi connectivity index (χ4n) is 3.19. The molecule has 0 saturated heterocycles. The fraction of sp³-hybridized carbons (Fsp3) is 0.182. The largest absolute Gasteiger partial charge is 0.573 e. The minimum Gasteiger partial charge on any atom is -0.404 e. The molecule has 0 saturated carbocycles. The summed E-state index contributed by atoms with van der Waals surface area (Å²) in [6, 6.07) is 23.9. The van der Waals surface area contributed by atoms with Crippen molar-refractivity contribution in [3.8, 4) is 5.75 Å². The Morgan fingerprint density at radius 3 is 1.83 bits per heavy atom. The third-order valence-corrected chi connectivity index (χ3v) is 5.99. The number of benzene rings is 3. The van der Waals surface area contributed by atoms with Gasteiger partial charge in [0.2, 0.25) is 10.0 Å². The first-order valence-electron chi connectivity index (χ1n) is 9.20. The monoisotopic (exact) mass is 435 g/mol. The SMILES string of the molecule is O=S(=O)(NCCC(c1ccccc1)c1ccccc1)c1ccccc1OC(F)(F)F. The molecule has 0 atom stereocenters. The summed E-state index contributed by atoms with van der Waals surface area (Å²) in [5, 5.41) is 0. The van der Waals surface area contributed by atoms with Crippen LogP contribution in [0.5, 0.6) is 5.75 Å². The predicted octanol–water partition coefficient (Wildman–Crippen LogP) is 5.09. The van der Waals surface area contributed by atoms with Crippen molar-refractivity contribution in [2.45, 2.75) is 23.6 Å². The van der Waals surface area contributed by atoms with E-state index in [9.17, 15) is 21.6 Å². The maximum atomic E-state index is 12.6. The molecule has 3 rings (SSSR count). The number of alkyl halides is 3. The van der Waals surface area contributed by atoms with Gasteiger partial charge in [0, 0.05) is 12.5 Å². The Labute approximate surface area is 173 Å². The summed E-state index contributed by atoms with van der Waals surface area (Å²) < 4.78 is 69.3. The molecule has 0 radical (unpaired) electrons. The maximum Gasteiger partial charge on any atom is 0.573 e. The van der Waals surface area contributed by atoms with Gasteiger partial charge < -0.3 is 4.74 Å². The van der Waals surface area contributed by atoms with Crippen molar-refractivity contribution >= 4 is 10.0 Å². The van der Waals surface area contributed by atoms with E-state index in [2.05, 4.69) is 9.46 Å². The Morgan fingerprint density at radius 1 is 0.800 bits per heavy atom.